The monoisotopic (exact) mass is 489 g/mol. The molecule has 182 valence electrons. The molecule has 0 unspecified atom stereocenters. The first-order valence-electron chi connectivity index (χ1n) is 11.9. The van der Waals surface area contributed by atoms with E-state index in [2.05, 4.69) is 4.90 Å². The predicted molar refractivity (Wildman–Crippen MR) is 130 cm³/mol. The van der Waals surface area contributed by atoms with Gasteiger partial charge in [-0.2, -0.15) is 0 Å². The highest BCUT2D eigenvalue weighted by molar-refractivity contribution is 6.30. The summed E-state index contributed by atoms with van der Waals surface area (Å²) in [5.74, 6) is -1.61. The lowest BCUT2D eigenvalue weighted by atomic mass is 10.0. The average Bonchev–Trinajstić information content (AvgIpc) is 3.54. The van der Waals surface area contributed by atoms with Crippen LogP contribution in [-0.2, 0) is 0 Å². The molecule has 2 aromatic rings. The van der Waals surface area contributed by atoms with Crippen molar-refractivity contribution in [3.63, 3.8) is 0 Å². The summed E-state index contributed by atoms with van der Waals surface area (Å²) in [4.78, 5) is 28.8. The smallest absolute Gasteiger partial charge is 0.341 e. The van der Waals surface area contributed by atoms with Crippen LogP contribution in [0.1, 0.15) is 54.9 Å². The number of ether oxygens (including phenoxy) is 1. The summed E-state index contributed by atoms with van der Waals surface area (Å²) >= 11 is 6.66. The zero-order valence-corrected chi connectivity index (χ0v) is 20.0. The number of aromatic carboxylic acids is 1. The number of hydrogen-bond acceptors (Lipinski definition) is 5. The molecule has 2 saturated heterocycles. The van der Waals surface area contributed by atoms with Crippen LogP contribution in [0.5, 0.6) is 5.75 Å². The number of likely N-dealkylation sites (tertiary alicyclic amines) is 1. The van der Waals surface area contributed by atoms with E-state index in [-0.39, 0.29) is 22.7 Å². The number of anilines is 1. The fraction of sp³-hybridized carbons (Fsp3) is 0.520. The number of aromatic nitrogens is 1. The van der Waals surface area contributed by atoms with Crippen molar-refractivity contribution in [2.75, 3.05) is 44.7 Å². The molecule has 3 aliphatic rings. The molecule has 7 nitrogen and oxygen atoms in total. The number of nitrogens with zero attached hydrogens (tertiary/aromatic N) is 3. The molecule has 3 fully saturated rings. The number of piperidine rings is 1. The molecule has 1 saturated carbocycles. The van der Waals surface area contributed by atoms with Gasteiger partial charge in [-0.3, -0.25) is 9.69 Å². The van der Waals surface area contributed by atoms with Gasteiger partial charge in [0.05, 0.1) is 18.0 Å². The first-order valence-corrected chi connectivity index (χ1v) is 12.3. The maximum atomic E-state index is 15.5. The van der Waals surface area contributed by atoms with Gasteiger partial charge in [0.2, 0.25) is 5.43 Å². The van der Waals surface area contributed by atoms with Gasteiger partial charge < -0.3 is 19.3 Å². The number of carbonyl (C=O) groups is 1. The van der Waals surface area contributed by atoms with Crippen molar-refractivity contribution >= 4 is 34.2 Å². The van der Waals surface area contributed by atoms with Crippen molar-refractivity contribution in [3.05, 3.63) is 44.5 Å². The first-order chi connectivity index (χ1) is 16.4. The Morgan fingerprint density at radius 2 is 1.88 bits per heavy atom. The molecule has 0 amide bonds. The van der Waals surface area contributed by atoms with Crippen LogP contribution < -0.4 is 15.1 Å². The van der Waals surface area contributed by atoms with Crippen LogP contribution in [-0.4, -0.2) is 60.4 Å². The number of halogens is 2. The minimum absolute atomic E-state index is 0.0381. The molecular formula is C25H29ClFN3O4. The van der Waals surface area contributed by atoms with Crippen LogP contribution in [0.3, 0.4) is 0 Å². The van der Waals surface area contributed by atoms with E-state index in [4.69, 9.17) is 16.3 Å². The fourth-order valence-electron chi connectivity index (χ4n) is 5.24. The number of carboxylic acid groups (broad SMARTS) is 1. The summed E-state index contributed by atoms with van der Waals surface area (Å²) in [5.41, 5.74) is 0.951. The summed E-state index contributed by atoms with van der Waals surface area (Å²) in [6, 6.07) is 1.25. The number of pyridine rings is 1. The van der Waals surface area contributed by atoms with Gasteiger partial charge in [-0.15, -0.1) is 0 Å². The molecule has 3 heterocycles. The Bertz CT molecular complexity index is 1220. The lowest BCUT2D eigenvalue weighted by molar-refractivity contribution is 0.0695. The number of carboxylic acids is 1. The number of benzene rings is 1. The molecule has 1 aliphatic carbocycles. The van der Waals surface area contributed by atoms with Crippen LogP contribution in [0.15, 0.2) is 27.7 Å². The SMILES string of the molecule is COc1c(N2CCC(=C(Cl)CN3CCCC3)CC2)c(F)cc2c(=O)c(C(=O)O)cn(C3CC3)c12. The second-order valence-electron chi connectivity index (χ2n) is 9.43. The van der Waals surface area contributed by atoms with E-state index in [1.165, 1.54) is 37.8 Å². The lowest BCUT2D eigenvalue weighted by Gasteiger charge is -2.33. The summed E-state index contributed by atoms with van der Waals surface area (Å²) in [6.45, 7) is 4.13. The quantitative estimate of drug-likeness (QED) is 0.649. The second kappa shape index (κ2) is 9.23. The van der Waals surface area contributed by atoms with E-state index in [0.717, 1.165) is 50.3 Å². The van der Waals surface area contributed by atoms with Crippen LogP contribution in [0.2, 0.25) is 0 Å². The van der Waals surface area contributed by atoms with Crippen molar-refractivity contribution in [1.82, 2.24) is 9.47 Å². The van der Waals surface area contributed by atoms with Gasteiger partial charge >= 0.3 is 5.97 Å². The first kappa shape index (κ1) is 23.2. The molecule has 1 aromatic carbocycles. The molecular weight excluding hydrogens is 461 g/mol. The van der Waals surface area contributed by atoms with Crippen molar-refractivity contribution in [1.29, 1.82) is 0 Å². The van der Waals surface area contributed by atoms with Crippen LogP contribution in [0.4, 0.5) is 10.1 Å². The van der Waals surface area contributed by atoms with Gasteiger partial charge in [-0.25, -0.2) is 9.18 Å². The number of methoxy groups -OCH3 is 1. The Balaban J connectivity index is 1.51. The molecule has 9 heteroatoms. The highest BCUT2D eigenvalue weighted by Crippen LogP contribution is 2.44. The Kier molecular flexibility index (Phi) is 6.29. The number of rotatable bonds is 6. The van der Waals surface area contributed by atoms with E-state index in [1.54, 1.807) is 4.57 Å². The van der Waals surface area contributed by atoms with Gasteiger partial charge in [0.1, 0.15) is 11.3 Å². The number of fused-ring (bicyclic) bond motifs is 1. The van der Waals surface area contributed by atoms with Gasteiger partial charge in [0.15, 0.2) is 11.6 Å². The topological polar surface area (TPSA) is 75.0 Å². The predicted octanol–water partition coefficient (Wildman–Crippen LogP) is 4.37. The third kappa shape index (κ3) is 4.18. The third-order valence-electron chi connectivity index (χ3n) is 7.20. The van der Waals surface area contributed by atoms with E-state index in [9.17, 15) is 14.7 Å². The van der Waals surface area contributed by atoms with Gasteiger partial charge in [-0.05, 0) is 57.7 Å². The Morgan fingerprint density at radius 3 is 2.47 bits per heavy atom. The van der Waals surface area contributed by atoms with Crippen LogP contribution >= 0.6 is 11.6 Å². The second-order valence-corrected chi connectivity index (χ2v) is 9.89. The highest BCUT2D eigenvalue weighted by Gasteiger charge is 2.32. The van der Waals surface area contributed by atoms with Crippen molar-refractivity contribution in [2.45, 2.75) is 44.6 Å². The van der Waals surface area contributed by atoms with Crippen LogP contribution in [0, 0.1) is 5.82 Å². The maximum absolute atomic E-state index is 15.5. The van der Waals surface area contributed by atoms with E-state index < -0.39 is 17.2 Å². The minimum atomic E-state index is -1.31. The van der Waals surface area contributed by atoms with Gasteiger partial charge in [0, 0.05) is 36.9 Å². The van der Waals surface area contributed by atoms with Gasteiger partial charge in [0.25, 0.3) is 0 Å². The zero-order chi connectivity index (χ0) is 24.0. The van der Waals surface area contributed by atoms with E-state index in [1.807, 2.05) is 4.90 Å². The van der Waals surface area contributed by atoms with Crippen molar-refractivity contribution in [3.8, 4) is 5.75 Å². The summed E-state index contributed by atoms with van der Waals surface area (Å²) in [7, 11) is 1.47. The minimum Gasteiger partial charge on any atom is -0.492 e. The Hall–Kier alpha value is -2.58. The lowest BCUT2D eigenvalue weighted by Crippen LogP contribution is -2.33. The molecule has 34 heavy (non-hydrogen) atoms. The Labute approximate surface area is 202 Å². The summed E-state index contributed by atoms with van der Waals surface area (Å²) in [5, 5.41) is 10.4. The standard InChI is InChI=1S/C25H29ClFN3O4/c1-34-24-21-17(23(31)18(25(32)33)13-30(21)16-4-5-16)12-20(27)22(24)29-10-6-15(7-11-29)19(26)14-28-8-2-3-9-28/h12-13,16H,2-11,14H2,1H3,(H,32,33). The van der Waals surface area contributed by atoms with Crippen molar-refractivity contribution < 1.29 is 19.0 Å². The third-order valence-corrected chi connectivity index (χ3v) is 7.59. The molecule has 2 aliphatic heterocycles. The summed E-state index contributed by atoms with van der Waals surface area (Å²) < 4.78 is 23.0. The molecule has 0 radical (unpaired) electrons. The molecule has 0 bridgehead atoms. The fourth-order valence-corrected chi connectivity index (χ4v) is 5.60. The summed E-state index contributed by atoms with van der Waals surface area (Å²) in [6.07, 6.45) is 7.04. The molecule has 5 rings (SSSR count). The zero-order valence-electron chi connectivity index (χ0n) is 19.3. The Morgan fingerprint density at radius 1 is 1.21 bits per heavy atom. The average molecular weight is 490 g/mol. The largest absolute Gasteiger partial charge is 0.492 e. The van der Waals surface area contributed by atoms with E-state index >= 15 is 4.39 Å². The highest BCUT2D eigenvalue weighted by atomic mass is 35.5. The molecule has 1 aromatic heterocycles. The maximum Gasteiger partial charge on any atom is 0.341 e. The normalized spacial score (nSPS) is 19.1. The molecule has 0 atom stereocenters. The van der Waals surface area contributed by atoms with Crippen LogP contribution in [0.25, 0.3) is 10.9 Å². The van der Waals surface area contributed by atoms with Crippen molar-refractivity contribution in [2.24, 2.45) is 0 Å². The number of hydrogen-bond donors (Lipinski definition) is 1. The van der Waals surface area contributed by atoms with Gasteiger partial charge in [-0.1, -0.05) is 17.2 Å². The molecule has 1 N–H and O–H groups in total. The van der Waals surface area contributed by atoms with E-state index in [0.29, 0.717) is 24.3 Å². The molecule has 0 spiro atoms.